The molecule has 0 aliphatic rings. The highest BCUT2D eigenvalue weighted by Gasteiger charge is 2.17. The lowest BCUT2D eigenvalue weighted by atomic mass is 10.2. The predicted molar refractivity (Wildman–Crippen MR) is 100 cm³/mol. The maximum Gasteiger partial charge on any atom is 0.157 e. The van der Waals surface area contributed by atoms with Gasteiger partial charge in [0.15, 0.2) is 5.65 Å². The third-order valence-electron chi connectivity index (χ3n) is 4.32. The molecule has 0 atom stereocenters. The highest BCUT2D eigenvalue weighted by molar-refractivity contribution is 5.77. The van der Waals surface area contributed by atoms with Gasteiger partial charge in [-0.3, -0.25) is 14.1 Å². The number of hydrogen-bond acceptors (Lipinski definition) is 5. The van der Waals surface area contributed by atoms with E-state index in [2.05, 4.69) is 15.4 Å². The van der Waals surface area contributed by atoms with Gasteiger partial charge < -0.3 is 10.1 Å². The second-order valence-corrected chi connectivity index (χ2v) is 6.12. The Morgan fingerprint density at radius 2 is 2.00 bits per heavy atom. The van der Waals surface area contributed by atoms with E-state index in [0.717, 1.165) is 39.7 Å². The lowest BCUT2D eigenvalue weighted by Crippen LogP contribution is -2.03. The topological polar surface area (TPSA) is 69.3 Å². The number of imidazole rings is 1. The number of nitrogens with one attached hydrogen (secondary N) is 1. The average molecular weight is 348 g/mol. The summed E-state index contributed by atoms with van der Waals surface area (Å²) in [6, 6.07) is 8.01. The van der Waals surface area contributed by atoms with Crippen molar-refractivity contribution in [2.24, 2.45) is 7.05 Å². The molecule has 7 nitrogen and oxygen atoms in total. The van der Waals surface area contributed by atoms with Gasteiger partial charge in [-0.1, -0.05) is 12.1 Å². The Kier molecular flexibility index (Phi) is 4.04. The van der Waals surface area contributed by atoms with Crippen molar-refractivity contribution in [1.29, 1.82) is 0 Å². The Morgan fingerprint density at radius 3 is 2.69 bits per heavy atom. The third kappa shape index (κ3) is 2.88. The first-order valence-electron chi connectivity index (χ1n) is 8.35. The number of nitrogens with zero attached hydrogens (tertiary/aromatic N) is 5. The average Bonchev–Trinajstić information content (AvgIpc) is 3.19. The maximum atomic E-state index is 5.22. The molecular weight excluding hydrogens is 328 g/mol. The highest BCUT2D eigenvalue weighted by atomic mass is 16.5. The van der Waals surface area contributed by atoms with Gasteiger partial charge in [-0.15, -0.1) is 0 Å². The first kappa shape index (κ1) is 16.1. The molecule has 132 valence electrons. The molecule has 4 rings (SSSR count). The van der Waals surface area contributed by atoms with Gasteiger partial charge in [-0.25, -0.2) is 4.98 Å². The minimum absolute atomic E-state index is 0.673. The largest absolute Gasteiger partial charge is 0.497 e. The quantitative estimate of drug-likeness (QED) is 0.600. The van der Waals surface area contributed by atoms with E-state index in [1.165, 1.54) is 0 Å². The van der Waals surface area contributed by atoms with Crippen molar-refractivity contribution in [3.63, 3.8) is 0 Å². The van der Waals surface area contributed by atoms with Crippen molar-refractivity contribution >= 4 is 11.5 Å². The molecule has 0 spiro atoms. The van der Waals surface area contributed by atoms with Crippen LogP contribution in [-0.2, 0) is 13.6 Å². The van der Waals surface area contributed by atoms with E-state index in [4.69, 9.17) is 9.72 Å². The normalized spacial score (nSPS) is 11.0. The van der Waals surface area contributed by atoms with Crippen LogP contribution >= 0.6 is 0 Å². The molecule has 1 aromatic carbocycles. The monoisotopic (exact) mass is 348 g/mol. The first-order valence-corrected chi connectivity index (χ1v) is 8.35. The number of rotatable bonds is 5. The van der Waals surface area contributed by atoms with Gasteiger partial charge in [-0.05, 0) is 24.6 Å². The van der Waals surface area contributed by atoms with Gasteiger partial charge in [0.2, 0.25) is 0 Å². The van der Waals surface area contributed by atoms with E-state index in [9.17, 15) is 0 Å². The fraction of sp³-hybridized carbons (Fsp3) is 0.211. The number of aromatic nitrogens is 5. The summed E-state index contributed by atoms with van der Waals surface area (Å²) in [6.45, 7) is 2.66. The number of anilines is 1. The van der Waals surface area contributed by atoms with E-state index >= 15 is 0 Å². The Bertz CT molecular complexity index is 1050. The zero-order valence-corrected chi connectivity index (χ0v) is 15.0. The van der Waals surface area contributed by atoms with Crippen molar-refractivity contribution in [2.45, 2.75) is 13.5 Å². The summed E-state index contributed by atoms with van der Waals surface area (Å²) in [5.74, 6) is 1.77. The summed E-state index contributed by atoms with van der Waals surface area (Å²) >= 11 is 0. The molecule has 26 heavy (non-hydrogen) atoms. The Morgan fingerprint density at radius 1 is 1.19 bits per heavy atom. The lowest BCUT2D eigenvalue weighted by molar-refractivity contribution is 0.414. The van der Waals surface area contributed by atoms with Gasteiger partial charge >= 0.3 is 0 Å². The highest BCUT2D eigenvalue weighted by Crippen LogP contribution is 2.30. The van der Waals surface area contributed by atoms with Gasteiger partial charge in [0.05, 0.1) is 19.0 Å². The van der Waals surface area contributed by atoms with E-state index < -0.39 is 0 Å². The van der Waals surface area contributed by atoms with Crippen LogP contribution in [0.1, 0.15) is 11.3 Å². The third-order valence-corrected chi connectivity index (χ3v) is 4.32. The van der Waals surface area contributed by atoms with Crippen LogP contribution in [0.4, 0.5) is 5.82 Å². The molecule has 0 saturated heterocycles. The summed E-state index contributed by atoms with van der Waals surface area (Å²) in [5.41, 5.74) is 4.77. The molecule has 0 unspecified atom stereocenters. The van der Waals surface area contributed by atoms with Crippen LogP contribution in [0.3, 0.4) is 0 Å². The van der Waals surface area contributed by atoms with Crippen molar-refractivity contribution in [1.82, 2.24) is 24.1 Å². The van der Waals surface area contributed by atoms with Crippen molar-refractivity contribution in [3.8, 4) is 17.0 Å². The van der Waals surface area contributed by atoms with Crippen molar-refractivity contribution in [3.05, 3.63) is 60.3 Å². The first-order chi connectivity index (χ1) is 12.7. The minimum atomic E-state index is 0.673. The summed E-state index contributed by atoms with van der Waals surface area (Å²) in [4.78, 5) is 8.94. The lowest BCUT2D eigenvalue weighted by Gasteiger charge is -2.09. The van der Waals surface area contributed by atoms with E-state index in [1.54, 1.807) is 24.2 Å². The molecule has 0 aliphatic carbocycles. The molecule has 0 saturated carbocycles. The summed E-state index contributed by atoms with van der Waals surface area (Å²) in [6.07, 6.45) is 7.41. The Labute approximate surface area is 151 Å². The number of aryl methyl sites for hydroxylation is 2. The molecule has 7 heteroatoms. The molecule has 0 amide bonds. The van der Waals surface area contributed by atoms with E-state index in [1.807, 2.05) is 55.0 Å². The second kappa shape index (κ2) is 6.51. The molecule has 0 bridgehead atoms. The predicted octanol–water partition coefficient (Wildman–Crippen LogP) is 3.06. The Hall–Kier alpha value is -3.35. The smallest absolute Gasteiger partial charge is 0.157 e. The van der Waals surface area contributed by atoms with Crippen molar-refractivity contribution < 1.29 is 4.74 Å². The number of benzene rings is 1. The summed E-state index contributed by atoms with van der Waals surface area (Å²) in [7, 11) is 3.58. The van der Waals surface area contributed by atoms with Gasteiger partial charge in [0.25, 0.3) is 0 Å². The Balaban J connectivity index is 1.72. The standard InChI is InChI=1S/C19H20N6O/c1-13-16(12-24(2)23-13)18-19(25-9-8-20-11-17(25)22-18)21-10-14-4-6-15(26-3)7-5-14/h4-9,11-12,21H,10H2,1-3H3. The number of methoxy groups -OCH3 is 1. The van der Waals surface area contributed by atoms with Gasteiger partial charge in [-0.2, -0.15) is 5.10 Å². The molecule has 0 aliphatic heterocycles. The van der Waals surface area contributed by atoms with Crippen LogP contribution in [-0.4, -0.2) is 31.3 Å². The van der Waals surface area contributed by atoms with Crippen LogP contribution in [0.25, 0.3) is 16.9 Å². The van der Waals surface area contributed by atoms with Crippen LogP contribution in [0, 0.1) is 6.92 Å². The van der Waals surface area contributed by atoms with Crippen LogP contribution in [0.2, 0.25) is 0 Å². The van der Waals surface area contributed by atoms with E-state index in [0.29, 0.717) is 6.54 Å². The number of hydrogen-bond donors (Lipinski definition) is 1. The fourth-order valence-corrected chi connectivity index (χ4v) is 3.02. The summed E-state index contributed by atoms with van der Waals surface area (Å²) < 4.78 is 9.04. The molecule has 0 fully saturated rings. The van der Waals surface area contributed by atoms with Gasteiger partial charge in [0.1, 0.15) is 17.3 Å². The molecule has 3 heterocycles. The van der Waals surface area contributed by atoms with E-state index in [-0.39, 0.29) is 0 Å². The molecule has 0 radical (unpaired) electrons. The van der Waals surface area contributed by atoms with Gasteiger partial charge in [0, 0.05) is 37.7 Å². The maximum absolute atomic E-state index is 5.22. The molecule has 1 N–H and O–H groups in total. The second-order valence-electron chi connectivity index (χ2n) is 6.12. The molecular formula is C19H20N6O. The molecule has 3 aromatic heterocycles. The SMILES string of the molecule is COc1ccc(CNc2c(-c3cn(C)nc3C)nc3cnccn23)cc1. The van der Waals surface area contributed by atoms with Crippen LogP contribution < -0.4 is 10.1 Å². The fourth-order valence-electron chi connectivity index (χ4n) is 3.02. The number of fused-ring (bicyclic) bond motifs is 1. The van der Waals surface area contributed by atoms with Crippen LogP contribution in [0.15, 0.2) is 49.1 Å². The number of ether oxygens (including phenoxy) is 1. The molecule has 4 aromatic rings. The summed E-state index contributed by atoms with van der Waals surface area (Å²) in [5, 5.41) is 7.97. The zero-order valence-electron chi connectivity index (χ0n) is 15.0. The van der Waals surface area contributed by atoms with Crippen LogP contribution in [0.5, 0.6) is 5.75 Å². The zero-order chi connectivity index (χ0) is 18.1. The minimum Gasteiger partial charge on any atom is -0.497 e. The van der Waals surface area contributed by atoms with Crippen molar-refractivity contribution in [2.75, 3.05) is 12.4 Å².